The SMILES string of the molecule is CCCC(Sc1n[nH]c(=O)n1CC)C(=O)NN. The van der Waals surface area contributed by atoms with Crippen LogP contribution in [0.25, 0.3) is 0 Å². The first-order valence-electron chi connectivity index (χ1n) is 5.46. The average molecular weight is 259 g/mol. The molecule has 0 radical (unpaired) electrons. The molecule has 1 aromatic heterocycles. The lowest BCUT2D eigenvalue weighted by molar-refractivity contribution is -0.120. The van der Waals surface area contributed by atoms with Gasteiger partial charge in [-0.1, -0.05) is 25.1 Å². The van der Waals surface area contributed by atoms with Crippen molar-refractivity contribution >= 4 is 17.7 Å². The van der Waals surface area contributed by atoms with Crippen LogP contribution >= 0.6 is 11.8 Å². The summed E-state index contributed by atoms with van der Waals surface area (Å²) in [7, 11) is 0. The third-order valence-electron chi connectivity index (χ3n) is 2.27. The van der Waals surface area contributed by atoms with Crippen molar-refractivity contribution in [3.63, 3.8) is 0 Å². The number of carbonyl (C=O) groups is 1. The number of rotatable bonds is 6. The number of hydrazine groups is 1. The molecule has 7 nitrogen and oxygen atoms in total. The summed E-state index contributed by atoms with van der Waals surface area (Å²) in [6.07, 6.45) is 1.53. The molecule has 1 heterocycles. The number of amides is 1. The molecule has 17 heavy (non-hydrogen) atoms. The molecule has 0 fully saturated rings. The van der Waals surface area contributed by atoms with E-state index in [1.165, 1.54) is 16.3 Å². The maximum absolute atomic E-state index is 11.5. The molecular formula is C9H17N5O2S. The molecule has 4 N–H and O–H groups in total. The van der Waals surface area contributed by atoms with Gasteiger partial charge in [0.2, 0.25) is 5.91 Å². The fourth-order valence-corrected chi connectivity index (χ4v) is 2.62. The minimum absolute atomic E-state index is 0.255. The van der Waals surface area contributed by atoms with E-state index in [2.05, 4.69) is 15.6 Å². The van der Waals surface area contributed by atoms with Crippen LogP contribution in [0, 0.1) is 0 Å². The van der Waals surface area contributed by atoms with Crippen LogP contribution in [0.5, 0.6) is 0 Å². The Kier molecular flexibility index (Phi) is 5.23. The molecule has 1 unspecified atom stereocenters. The lowest BCUT2D eigenvalue weighted by Crippen LogP contribution is -2.37. The molecule has 0 saturated carbocycles. The van der Waals surface area contributed by atoms with Gasteiger partial charge >= 0.3 is 5.69 Å². The number of hydrogen-bond donors (Lipinski definition) is 3. The molecule has 0 spiro atoms. The summed E-state index contributed by atoms with van der Waals surface area (Å²) < 4.78 is 1.48. The molecule has 1 aromatic rings. The maximum atomic E-state index is 11.5. The lowest BCUT2D eigenvalue weighted by Gasteiger charge is -2.13. The van der Waals surface area contributed by atoms with Gasteiger partial charge in [-0.15, -0.1) is 5.10 Å². The quantitative estimate of drug-likeness (QED) is 0.285. The number of nitrogens with two attached hydrogens (primary N) is 1. The van der Waals surface area contributed by atoms with Crippen molar-refractivity contribution in [2.45, 2.75) is 43.6 Å². The molecule has 1 atom stereocenters. The molecule has 0 bridgehead atoms. The molecule has 0 aliphatic heterocycles. The van der Waals surface area contributed by atoms with Gasteiger partial charge in [0, 0.05) is 6.54 Å². The van der Waals surface area contributed by atoms with Gasteiger partial charge < -0.3 is 0 Å². The van der Waals surface area contributed by atoms with Crippen LogP contribution in [0.4, 0.5) is 0 Å². The standard InChI is InChI=1S/C9H17N5O2S/c1-3-5-6(7(15)11-10)17-9-13-12-8(16)14(9)4-2/h6H,3-5,10H2,1-2H3,(H,11,15)(H,12,16). The molecule has 96 valence electrons. The highest BCUT2D eigenvalue weighted by Gasteiger charge is 2.21. The van der Waals surface area contributed by atoms with E-state index in [1.807, 2.05) is 13.8 Å². The van der Waals surface area contributed by atoms with Gasteiger partial charge in [0.1, 0.15) is 0 Å². The fourth-order valence-electron chi connectivity index (χ4n) is 1.40. The van der Waals surface area contributed by atoms with Gasteiger partial charge in [0.25, 0.3) is 0 Å². The Bertz CT molecular complexity index is 427. The molecule has 1 rings (SSSR count). The first-order valence-corrected chi connectivity index (χ1v) is 6.34. The van der Waals surface area contributed by atoms with Crippen molar-refractivity contribution < 1.29 is 4.79 Å². The summed E-state index contributed by atoms with van der Waals surface area (Å²) in [6.45, 7) is 4.34. The Morgan fingerprint density at radius 3 is 2.88 bits per heavy atom. The van der Waals surface area contributed by atoms with Gasteiger partial charge in [-0.05, 0) is 13.3 Å². The third kappa shape index (κ3) is 3.34. The minimum atomic E-state index is -0.328. The van der Waals surface area contributed by atoms with E-state index in [0.29, 0.717) is 18.1 Å². The van der Waals surface area contributed by atoms with Crippen LogP contribution in [-0.2, 0) is 11.3 Å². The predicted octanol–water partition coefficient (Wildman–Crippen LogP) is -0.158. The third-order valence-corrected chi connectivity index (χ3v) is 3.53. The highest BCUT2D eigenvalue weighted by molar-refractivity contribution is 8.00. The Balaban J connectivity index is 2.85. The monoisotopic (exact) mass is 259 g/mol. The van der Waals surface area contributed by atoms with E-state index >= 15 is 0 Å². The smallest absolute Gasteiger partial charge is 0.293 e. The van der Waals surface area contributed by atoms with E-state index in [0.717, 1.165) is 6.42 Å². The van der Waals surface area contributed by atoms with E-state index in [4.69, 9.17) is 5.84 Å². The van der Waals surface area contributed by atoms with Crippen LogP contribution in [-0.4, -0.2) is 25.9 Å². The first-order chi connectivity index (χ1) is 8.13. The summed E-state index contributed by atoms with van der Waals surface area (Å²) in [5, 5.41) is 6.44. The zero-order valence-electron chi connectivity index (χ0n) is 9.90. The molecule has 1 amide bonds. The van der Waals surface area contributed by atoms with Gasteiger partial charge in [0.05, 0.1) is 5.25 Å². The Morgan fingerprint density at radius 1 is 1.65 bits per heavy atom. The Morgan fingerprint density at radius 2 is 2.35 bits per heavy atom. The average Bonchev–Trinajstić information content (AvgIpc) is 2.68. The zero-order chi connectivity index (χ0) is 12.8. The van der Waals surface area contributed by atoms with Crippen LogP contribution in [0.2, 0.25) is 0 Å². The van der Waals surface area contributed by atoms with E-state index in [9.17, 15) is 9.59 Å². The summed E-state index contributed by atoms with van der Waals surface area (Å²) in [5.74, 6) is 4.87. The molecule has 0 aliphatic carbocycles. The van der Waals surface area contributed by atoms with Crippen LogP contribution < -0.4 is 17.0 Å². The van der Waals surface area contributed by atoms with Gasteiger partial charge in [-0.25, -0.2) is 15.7 Å². The summed E-state index contributed by atoms with van der Waals surface area (Å²) in [6, 6.07) is 0. The van der Waals surface area contributed by atoms with Gasteiger partial charge in [-0.3, -0.25) is 14.8 Å². The number of hydrogen-bond acceptors (Lipinski definition) is 5. The summed E-state index contributed by atoms with van der Waals surface area (Å²) in [5.41, 5.74) is 1.86. The molecule has 0 aromatic carbocycles. The number of H-pyrrole nitrogens is 1. The molecule has 0 saturated heterocycles. The van der Waals surface area contributed by atoms with Crippen LogP contribution in [0.15, 0.2) is 9.95 Å². The fraction of sp³-hybridized carbons (Fsp3) is 0.667. The molecular weight excluding hydrogens is 242 g/mol. The van der Waals surface area contributed by atoms with Crippen molar-refractivity contribution in [2.75, 3.05) is 0 Å². The largest absolute Gasteiger partial charge is 0.343 e. The summed E-state index contributed by atoms with van der Waals surface area (Å²) >= 11 is 1.25. The van der Waals surface area contributed by atoms with Gasteiger partial charge in [-0.2, -0.15) is 0 Å². The maximum Gasteiger partial charge on any atom is 0.343 e. The molecule has 0 aliphatic rings. The predicted molar refractivity (Wildman–Crippen MR) is 65.4 cm³/mol. The van der Waals surface area contributed by atoms with Crippen molar-refractivity contribution in [2.24, 2.45) is 5.84 Å². The second-order valence-corrected chi connectivity index (χ2v) is 4.63. The molecule has 8 heteroatoms. The topological polar surface area (TPSA) is 106 Å². The van der Waals surface area contributed by atoms with Crippen molar-refractivity contribution in [3.8, 4) is 0 Å². The minimum Gasteiger partial charge on any atom is -0.293 e. The normalized spacial score (nSPS) is 12.4. The lowest BCUT2D eigenvalue weighted by atomic mass is 10.2. The number of carbonyl (C=O) groups excluding carboxylic acids is 1. The number of thioether (sulfide) groups is 1. The van der Waals surface area contributed by atoms with Crippen LogP contribution in [0.3, 0.4) is 0 Å². The second kappa shape index (κ2) is 6.45. The van der Waals surface area contributed by atoms with Gasteiger partial charge in [0.15, 0.2) is 5.16 Å². The number of aromatic nitrogens is 3. The van der Waals surface area contributed by atoms with Crippen molar-refractivity contribution in [1.29, 1.82) is 0 Å². The number of aromatic amines is 1. The zero-order valence-corrected chi connectivity index (χ0v) is 10.7. The second-order valence-electron chi connectivity index (χ2n) is 3.46. The highest BCUT2D eigenvalue weighted by atomic mass is 32.2. The van der Waals surface area contributed by atoms with E-state index < -0.39 is 0 Å². The van der Waals surface area contributed by atoms with Crippen LogP contribution in [0.1, 0.15) is 26.7 Å². The Hall–Kier alpha value is -1.28. The highest BCUT2D eigenvalue weighted by Crippen LogP contribution is 2.23. The van der Waals surface area contributed by atoms with E-state index in [1.54, 1.807) is 0 Å². The van der Waals surface area contributed by atoms with Crippen molar-refractivity contribution in [3.05, 3.63) is 10.5 Å². The first kappa shape index (κ1) is 13.8. The summed E-state index contributed by atoms with van der Waals surface area (Å²) in [4.78, 5) is 22.9. The van der Waals surface area contributed by atoms with Crippen molar-refractivity contribution in [1.82, 2.24) is 20.2 Å². The number of nitrogens with one attached hydrogen (secondary N) is 2. The number of nitrogens with zero attached hydrogens (tertiary/aromatic N) is 2. The van der Waals surface area contributed by atoms with E-state index in [-0.39, 0.29) is 16.8 Å². The Labute approximate surface area is 103 Å².